The Morgan fingerprint density at radius 1 is 1.05 bits per heavy atom. The van der Waals surface area contributed by atoms with Crippen molar-refractivity contribution in [2.45, 2.75) is 27.2 Å². The third-order valence-corrected chi connectivity index (χ3v) is 3.88. The van der Waals surface area contributed by atoms with Gasteiger partial charge in [0.25, 0.3) is 5.91 Å². The maximum atomic E-state index is 12.5. The first-order valence-corrected chi connectivity index (χ1v) is 7.61. The van der Waals surface area contributed by atoms with E-state index in [1.165, 1.54) is 0 Å². The maximum Gasteiger partial charge on any atom is 0.254 e. The monoisotopic (exact) mass is 288 g/mol. The molecule has 4 heteroatoms. The first-order chi connectivity index (χ1) is 9.99. The van der Waals surface area contributed by atoms with Gasteiger partial charge in [0.2, 0.25) is 5.91 Å². The Kier molecular flexibility index (Phi) is 4.99. The van der Waals surface area contributed by atoms with Gasteiger partial charge in [-0.3, -0.25) is 9.59 Å². The highest BCUT2D eigenvalue weighted by Gasteiger charge is 2.25. The van der Waals surface area contributed by atoms with Crippen LogP contribution in [0.25, 0.3) is 0 Å². The highest BCUT2D eigenvalue weighted by atomic mass is 16.2. The van der Waals surface area contributed by atoms with Crippen LogP contribution in [0.2, 0.25) is 0 Å². The van der Waals surface area contributed by atoms with Gasteiger partial charge in [0, 0.05) is 38.2 Å². The number of hydrogen-bond donors (Lipinski definition) is 0. The maximum absolute atomic E-state index is 12.5. The third-order valence-electron chi connectivity index (χ3n) is 3.88. The van der Waals surface area contributed by atoms with Crippen LogP contribution in [0.3, 0.4) is 0 Å². The van der Waals surface area contributed by atoms with Crippen LogP contribution in [0.5, 0.6) is 0 Å². The van der Waals surface area contributed by atoms with Crippen molar-refractivity contribution in [3.05, 3.63) is 35.4 Å². The number of amides is 2. The van der Waals surface area contributed by atoms with Crippen LogP contribution in [0.15, 0.2) is 24.3 Å². The number of carbonyl (C=O) groups excluding carboxylic acids is 2. The third kappa shape index (κ3) is 3.84. The molecule has 1 aromatic carbocycles. The first-order valence-electron chi connectivity index (χ1n) is 7.61. The Morgan fingerprint density at radius 2 is 1.62 bits per heavy atom. The van der Waals surface area contributed by atoms with Crippen molar-refractivity contribution in [3.63, 3.8) is 0 Å². The molecule has 0 N–H and O–H groups in total. The Labute approximate surface area is 126 Å². The quantitative estimate of drug-likeness (QED) is 0.856. The van der Waals surface area contributed by atoms with E-state index >= 15 is 0 Å². The summed E-state index contributed by atoms with van der Waals surface area (Å²) in [5.41, 5.74) is 1.76. The van der Waals surface area contributed by atoms with E-state index < -0.39 is 0 Å². The minimum absolute atomic E-state index is 0.0732. The zero-order valence-electron chi connectivity index (χ0n) is 13.1. The summed E-state index contributed by atoms with van der Waals surface area (Å²) in [5.74, 6) is 0.654. The van der Waals surface area contributed by atoms with Gasteiger partial charge in [0.05, 0.1) is 0 Å². The largest absolute Gasteiger partial charge is 0.339 e. The summed E-state index contributed by atoms with van der Waals surface area (Å²) in [7, 11) is 0. The molecule has 21 heavy (non-hydrogen) atoms. The summed E-state index contributed by atoms with van der Waals surface area (Å²) < 4.78 is 0. The Morgan fingerprint density at radius 3 is 2.19 bits per heavy atom. The molecule has 1 fully saturated rings. The molecular formula is C17H24N2O2. The van der Waals surface area contributed by atoms with Crippen LogP contribution < -0.4 is 0 Å². The van der Waals surface area contributed by atoms with Crippen molar-refractivity contribution in [2.75, 3.05) is 26.2 Å². The van der Waals surface area contributed by atoms with E-state index in [1.54, 1.807) is 0 Å². The van der Waals surface area contributed by atoms with Crippen molar-refractivity contribution in [1.29, 1.82) is 0 Å². The predicted molar refractivity (Wildman–Crippen MR) is 83.1 cm³/mol. The molecule has 2 rings (SSSR count). The summed E-state index contributed by atoms with van der Waals surface area (Å²) in [6, 6.07) is 7.65. The summed E-state index contributed by atoms with van der Waals surface area (Å²) in [6.07, 6.45) is 0.589. The van der Waals surface area contributed by atoms with E-state index in [1.807, 2.05) is 41.0 Å². The summed E-state index contributed by atoms with van der Waals surface area (Å²) in [4.78, 5) is 28.3. The Hall–Kier alpha value is -1.84. The molecule has 1 aliphatic heterocycles. The molecule has 114 valence electrons. The molecule has 0 atom stereocenters. The number of piperazine rings is 1. The highest BCUT2D eigenvalue weighted by molar-refractivity contribution is 5.95. The standard InChI is InChI=1S/C17H24N2O2/c1-13(2)12-16(20)18-8-10-19(11-9-18)17(21)15-7-5-4-6-14(15)3/h4-7,13H,8-12H2,1-3H3. The Balaban J connectivity index is 1.94. The van der Waals surface area contributed by atoms with Crippen LogP contribution in [-0.2, 0) is 4.79 Å². The average Bonchev–Trinajstić information content (AvgIpc) is 2.46. The van der Waals surface area contributed by atoms with Crippen LogP contribution in [0.4, 0.5) is 0 Å². The van der Waals surface area contributed by atoms with Crippen molar-refractivity contribution in [2.24, 2.45) is 5.92 Å². The van der Waals surface area contributed by atoms with Gasteiger partial charge < -0.3 is 9.80 Å². The lowest BCUT2D eigenvalue weighted by atomic mass is 10.1. The van der Waals surface area contributed by atoms with E-state index in [0.29, 0.717) is 38.5 Å². The molecular weight excluding hydrogens is 264 g/mol. The summed E-state index contributed by atoms with van der Waals surface area (Å²) in [5, 5.41) is 0. The number of benzene rings is 1. The molecule has 0 aromatic heterocycles. The zero-order chi connectivity index (χ0) is 15.4. The molecule has 4 nitrogen and oxygen atoms in total. The minimum atomic E-state index is 0.0732. The average molecular weight is 288 g/mol. The molecule has 0 radical (unpaired) electrons. The lowest BCUT2D eigenvalue weighted by Gasteiger charge is -2.35. The number of hydrogen-bond acceptors (Lipinski definition) is 2. The number of aryl methyl sites for hydroxylation is 1. The van der Waals surface area contributed by atoms with E-state index in [2.05, 4.69) is 13.8 Å². The minimum Gasteiger partial charge on any atom is -0.339 e. The number of carbonyl (C=O) groups is 2. The molecule has 0 bridgehead atoms. The van der Waals surface area contributed by atoms with E-state index in [4.69, 9.17) is 0 Å². The summed E-state index contributed by atoms with van der Waals surface area (Å²) >= 11 is 0. The zero-order valence-corrected chi connectivity index (χ0v) is 13.1. The summed E-state index contributed by atoms with van der Waals surface area (Å²) in [6.45, 7) is 8.59. The van der Waals surface area contributed by atoms with Gasteiger partial charge in [-0.15, -0.1) is 0 Å². The van der Waals surface area contributed by atoms with Crippen LogP contribution in [-0.4, -0.2) is 47.8 Å². The predicted octanol–water partition coefficient (Wildman–Crippen LogP) is 2.33. The fraction of sp³-hybridized carbons (Fsp3) is 0.529. The van der Waals surface area contributed by atoms with E-state index in [-0.39, 0.29) is 11.8 Å². The highest BCUT2D eigenvalue weighted by Crippen LogP contribution is 2.14. The molecule has 1 heterocycles. The normalized spacial score (nSPS) is 15.4. The molecule has 1 aliphatic rings. The van der Waals surface area contributed by atoms with Gasteiger partial charge in [-0.05, 0) is 24.5 Å². The first kappa shape index (κ1) is 15.5. The van der Waals surface area contributed by atoms with Gasteiger partial charge >= 0.3 is 0 Å². The molecule has 2 amide bonds. The van der Waals surface area contributed by atoms with Gasteiger partial charge in [-0.2, -0.15) is 0 Å². The lowest BCUT2D eigenvalue weighted by molar-refractivity contribution is -0.133. The second kappa shape index (κ2) is 6.74. The molecule has 0 saturated carbocycles. The Bertz CT molecular complexity index is 517. The van der Waals surface area contributed by atoms with Gasteiger partial charge in [0.15, 0.2) is 0 Å². The molecule has 0 aliphatic carbocycles. The molecule has 1 saturated heterocycles. The van der Waals surface area contributed by atoms with Crippen molar-refractivity contribution < 1.29 is 9.59 Å². The van der Waals surface area contributed by atoms with Gasteiger partial charge in [0.1, 0.15) is 0 Å². The molecule has 0 unspecified atom stereocenters. The lowest BCUT2D eigenvalue weighted by Crippen LogP contribution is -2.50. The van der Waals surface area contributed by atoms with Gasteiger partial charge in [-0.25, -0.2) is 0 Å². The second-order valence-electron chi connectivity index (χ2n) is 6.09. The van der Waals surface area contributed by atoms with Crippen LogP contribution in [0, 0.1) is 12.8 Å². The second-order valence-corrected chi connectivity index (χ2v) is 6.09. The fourth-order valence-electron chi connectivity index (χ4n) is 2.62. The van der Waals surface area contributed by atoms with Crippen LogP contribution in [0.1, 0.15) is 36.2 Å². The topological polar surface area (TPSA) is 40.6 Å². The molecule has 0 spiro atoms. The molecule has 1 aromatic rings. The van der Waals surface area contributed by atoms with E-state index in [9.17, 15) is 9.59 Å². The fourth-order valence-corrected chi connectivity index (χ4v) is 2.62. The van der Waals surface area contributed by atoms with Crippen molar-refractivity contribution >= 4 is 11.8 Å². The van der Waals surface area contributed by atoms with Crippen molar-refractivity contribution in [1.82, 2.24) is 9.80 Å². The SMILES string of the molecule is Cc1ccccc1C(=O)N1CCN(C(=O)CC(C)C)CC1. The van der Waals surface area contributed by atoms with Gasteiger partial charge in [-0.1, -0.05) is 32.0 Å². The van der Waals surface area contributed by atoms with Crippen molar-refractivity contribution in [3.8, 4) is 0 Å². The number of nitrogens with zero attached hydrogens (tertiary/aromatic N) is 2. The van der Waals surface area contributed by atoms with E-state index in [0.717, 1.165) is 11.1 Å². The number of rotatable bonds is 3. The smallest absolute Gasteiger partial charge is 0.254 e. The van der Waals surface area contributed by atoms with Crippen LogP contribution >= 0.6 is 0 Å².